The van der Waals surface area contributed by atoms with Gasteiger partial charge in [-0.2, -0.15) is 5.10 Å². The molecule has 20 heavy (non-hydrogen) atoms. The minimum atomic E-state index is -0.183. The second-order valence-corrected chi connectivity index (χ2v) is 5.15. The molecule has 1 aromatic heterocycles. The van der Waals surface area contributed by atoms with Crippen LogP contribution < -0.4 is 10.6 Å². The van der Waals surface area contributed by atoms with Crippen LogP contribution in [0.15, 0.2) is 12.4 Å². The molecule has 2 rings (SSSR count). The second-order valence-electron chi connectivity index (χ2n) is 5.15. The van der Waals surface area contributed by atoms with Gasteiger partial charge in [0.25, 0.3) is 0 Å². The van der Waals surface area contributed by atoms with Gasteiger partial charge in [0, 0.05) is 25.9 Å². The lowest BCUT2D eigenvalue weighted by atomic mass is 10.1. The minimum Gasteiger partial charge on any atom is -0.378 e. The molecule has 0 saturated carbocycles. The van der Waals surface area contributed by atoms with Crippen molar-refractivity contribution >= 4 is 11.7 Å². The lowest BCUT2D eigenvalue weighted by molar-refractivity contribution is 0.0120. The number of amides is 2. The number of aromatic nitrogens is 2. The number of anilines is 1. The summed E-state index contributed by atoms with van der Waals surface area (Å²) in [6.45, 7) is 4.45. The standard InChI is InChI=1S/C14H24N4O2/c1-2-8-18-11-12(10-16-18)17-14(19)15-7-6-13-5-3-4-9-20-13/h10-11,13H,2-9H2,1H3,(H2,15,17,19). The third kappa shape index (κ3) is 4.85. The first-order valence-electron chi connectivity index (χ1n) is 7.47. The lowest BCUT2D eigenvalue weighted by Crippen LogP contribution is -2.32. The predicted octanol–water partition coefficient (Wildman–Crippen LogP) is 2.37. The highest BCUT2D eigenvalue weighted by atomic mass is 16.5. The first-order valence-corrected chi connectivity index (χ1v) is 7.47. The average molecular weight is 280 g/mol. The zero-order valence-electron chi connectivity index (χ0n) is 12.1. The molecule has 1 unspecified atom stereocenters. The molecule has 1 atom stereocenters. The van der Waals surface area contributed by atoms with Crippen molar-refractivity contribution in [1.29, 1.82) is 0 Å². The molecule has 0 aliphatic carbocycles. The number of carbonyl (C=O) groups is 1. The molecule has 112 valence electrons. The van der Waals surface area contributed by atoms with E-state index < -0.39 is 0 Å². The van der Waals surface area contributed by atoms with E-state index in [0.29, 0.717) is 12.6 Å². The molecule has 2 N–H and O–H groups in total. The van der Waals surface area contributed by atoms with Gasteiger partial charge in [-0.1, -0.05) is 6.92 Å². The summed E-state index contributed by atoms with van der Waals surface area (Å²) in [7, 11) is 0. The van der Waals surface area contributed by atoms with Crippen molar-refractivity contribution in [2.24, 2.45) is 0 Å². The van der Waals surface area contributed by atoms with Crippen LogP contribution in [0.3, 0.4) is 0 Å². The number of hydrogen-bond donors (Lipinski definition) is 2. The third-order valence-electron chi connectivity index (χ3n) is 3.37. The maximum Gasteiger partial charge on any atom is 0.319 e. The molecule has 1 aliphatic rings. The van der Waals surface area contributed by atoms with Crippen molar-refractivity contribution in [2.45, 2.75) is 51.7 Å². The van der Waals surface area contributed by atoms with Gasteiger partial charge in [-0.05, 0) is 32.1 Å². The van der Waals surface area contributed by atoms with Crippen molar-refractivity contribution in [3.63, 3.8) is 0 Å². The second kappa shape index (κ2) is 7.89. The maximum absolute atomic E-state index is 11.7. The van der Waals surface area contributed by atoms with Crippen molar-refractivity contribution in [1.82, 2.24) is 15.1 Å². The monoisotopic (exact) mass is 280 g/mol. The zero-order valence-corrected chi connectivity index (χ0v) is 12.1. The molecule has 2 heterocycles. The van der Waals surface area contributed by atoms with Gasteiger partial charge in [0.15, 0.2) is 0 Å². The number of nitrogens with zero attached hydrogens (tertiary/aromatic N) is 2. The van der Waals surface area contributed by atoms with Gasteiger partial charge >= 0.3 is 6.03 Å². The summed E-state index contributed by atoms with van der Waals surface area (Å²) < 4.78 is 7.45. The third-order valence-corrected chi connectivity index (χ3v) is 3.37. The number of urea groups is 1. The molecular weight excluding hydrogens is 256 g/mol. The highest BCUT2D eigenvalue weighted by Crippen LogP contribution is 2.14. The lowest BCUT2D eigenvalue weighted by Gasteiger charge is -2.22. The maximum atomic E-state index is 11.7. The van der Waals surface area contributed by atoms with Crippen LogP contribution in [0, 0.1) is 0 Å². The summed E-state index contributed by atoms with van der Waals surface area (Å²) >= 11 is 0. The first-order chi connectivity index (χ1) is 9.78. The fourth-order valence-corrected chi connectivity index (χ4v) is 2.34. The van der Waals surface area contributed by atoms with E-state index in [1.807, 2.05) is 10.9 Å². The van der Waals surface area contributed by atoms with Crippen LogP contribution in [0.5, 0.6) is 0 Å². The highest BCUT2D eigenvalue weighted by Gasteiger charge is 2.13. The zero-order chi connectivity index (χ0) is 14.2. The SMILES string of the molecule is CCCn1cc(NC(=O)NCCC2CCCCO2)cn1. The molecule has 0 aromatic carbocycles. The van der Waals surface area contributed by atoms with E-state index in [9.17, 15) is 4.79 Å². The molecule has 1 aliphatic heterocycles. The van der Waals surface area contributed by atoms with Crippen LogP contribution in [-0.4, -0.2) is 35.1 Å². The van der Waals surface area contributed by atoms with Crippen LogP contribution in [-0.2, 0) is 11.3 Å². The molecule has 1 aromatic rings. The normalized spacial score (nSPS) is 18.8. The highest BCUT2D eigenvalue weighted by molar-refractivity contribution is 5.88. The quantitative estimate of drug-likeness (QED) is 0.840. The number of ether oxygens (including phenoxy) is 1. The van der Waals surface area contributed by atoms with Crippen molar-refractivity contribution in [3.05, 3.63) is 12.4 Å². The smallest absolute Gasteiger partial charge is 0.319 e. The van der Waals surface area contributed by atoms with E-state index in [4.69, 9.17) is 4.74 Å². The molecular formula is C14H24N4O2. The summed E-state index contributed by atoms with van der Waals surface area (Å²) in [5.41, 5.74) is 0.727. The van der Waals surface area contributed by atoms with Gasteiger partial charge in [0.2, 0.25) is 0 Å². The van der Waals surface area contributed by atoms with Crippen molar-refractivity contribution in [2.75, 3.05) is 18.5 Å². The van der Waals surface area contributed by atoms with Crippen LogP contribution in [0.4, 0.5) is 10.5 Å². The topological polar surface area (TPSA) is 68.2 Å². The number of aryl methyl sites for hydroxylation is 1. The Morgan fingerprint density at radius 2 is 2.45 bits per heavy atom. The van der Waals surface area contributed by atoms with Crippen molar-refractivity contribution < 1.29 is 9.53 Å². The summed E-state index contributed by atoms with van der Waals surface area (Å²) in [6, 6.07) is -0.183. The molecule has 2 amide bonds. The average Bonchev–Trinajstić information content (AvgIpc) is 2.88. The molecule has 6 nitrogen and oxygen atoms in total. The molecule has 0 bridgehead atoms. The van der Waals surface area contributed by atoms with Gasteiger partial charge in [-0.25, -0.2) is 4.79 Å². The van der Waals surface area contributed by atoms with Gasteiger partial charge in [-0.3, -0.25) is 4.68 Å². The van der Waals surface area contributed by atoms with Gasteiger partial charge in [0.1, 0.15) is 0 Å². The fraction of sp³-hybridized carbons (Fsp3) is 0.714. The summed E-state index contributed by atoms with van der Waals surface area (Å²) in [5, 5.41) is 9.80. The van der Waals surface area contributed by atoms with Crippen LogP contribution in [0.2, 0.25) is 0 Å². The van der Waals surface area contributed by atoms with E-state index >= 15 is 0 Å². The Bertz CT molecular complexity index is 413. The Labute approximate surface area is 119 Å². The largest absolute Gasteiger partial charge is 0.378 e. The van der Waals surface area contributed by atoms with Crippen LogP contribution >= 0.6 is 0 Å². The van der Waals surface area contributed by atoms with E-state index in [1.165, 1.54) is 6.42 Å². The van der Waals surface area contributed by atoms with E-state index in [0.717, 1.165) is 44.5 Å². The summed E-state index contributed by atoms with van der Waals surface area (Å²) in [6.07, 6.45) is 9.20. The summed E-state index contributed by atoms with van der Waals surface area (Å²) in [5.74, 6) is 0. The fourth-order valence-electron chi connectivity index (χ4n) is 2.34. The molecule has 1 fully saturated rings. The van der Waals surface area contributed by atoms with E-state index in [-0.39, 0.29) is 6.03 Å². The Morgan fingerprint density at radius 3 is 3.20 bits per heavy atom. The molecule has 1 saturated heterocycles. The van der Waals surface area contributed by atoms with Crippen molar-refractivity contribution in [3.8, 4) is 0 Å². The van der Waals surface area contributed by atoms with Gasteiger partial charge in [0.05, 0.1) is 18.0 Å². The van der Waals surface area contributed by atoms with Crippen LogP contribution in [0.1, 0.15) is 39.0 Å². The molecule has 0 spiro atoms. The minimum absolute atomic E-state index is 0.183. The predicted molar refractivity (Wildman–Crippen MR) is 77.7 cm³/mol. The van der Waals surface area contributed by atoms with Crippen LogP contribution in [0.25, 0.3) is 0 Å². The molecule has 0 radical (unpaired) electrons. The van der Waals surface area contributed by atoms with Gasteiger partial charge in [-0.15, -0.1) is 0 Å². The van der Waals surface area contributed by atoms with Gasteiger partial charge < -0.3 is 15.4 Å². The summed E-state index contributed by atoms with van der Waals surface area (Å²) in [4.78, 5) is 11.7. The Morgan fingerprint density at radius 1 is 1.55 bits per heavy atom. The Hall–Kier alpha value is -1.56. The Balaban J connectivity index is 1.64. The van der Waals surface area contributed by atoms with E-state index in [2.05, 4.69) is 22.7 Å². The number of nitrogens with one attached hydrogen (secondary N) is 2. The number of rotatable bonds is 6. The number of hydrogen-bond acceptors (Lipinski definition) is 3. The van der Waals surface area contributed by atoms with E-state index in [1.54, 1.807) is 6.20 Å². The number of carbonyl (C=O) groups excluding carboxylic acids is 1. The molecule has 6 heteroatoms. The Kier molecular flexibility index (Phi) is 5.86. The first kappa shape index (κ1) is 14.8.